The maximum absolute atomic E-state index is 13.1. The Morgan fingerprint density at radius 3 is 2.48 bits per heavy atom. The van der Waals surface area contributed by atoms with Crippen LogP contribution < -0.4 is 0 Å². The molecule has 0 bridgehead atoms. The lowest BCUT2D eigenvalue weighted by molar-refractivity contribution is 0.0377. The number of piperidine rings is 1. The second-order valence-corrected chi connectivity index (χ2v) is 9.59. The molecule has 0 N–H and O–H groups in total. The summed E-state index contributed by atoms with van der Waals surface area (Å²) >= 11 is 0. The number of fused-ring (bicyclic) bond motifs is 1. The van der Waals surface area contributed by atoms with Crippen LogP contribution in [-0.2, 0) is 4.74 Å². The lowest BCUT2D eigenvalue weighted by Gasteiger charge is -2.32. The number of aromatic nitrogens is 2. The standard InChI is InChI=1S/C28H35N3O2/c1-18(2)25-16-22(10-12-29-25)23-11-15-31-26(23)17-24(28(32)33-19(3)4)20(5)27(31)21(6)30-13-8-7-9-14-30/h10-12,15-19H,6-9,13-14H2,1-5H3. The van der Waals surface area contributed by atoms with Crippen LogP contribution in [0.3, 0.4) is 0 Å². The second-order valence-electron chi connectivity index (χ2n) is 9.59. The molecule has 1 saturated heterocycles. The molecule has 0 unspecified atom stereocenters. The minimum Gasteiger partial charge on any atom is -0.459 e. The SMILES string of the molecule is C=C(c1c(C)c(C(=O)OC(C)C)cc2c(-c3ccnc(C(C)C)c3)ccn12)N1CCCCC1. The van der Waals surface area contributed by atoms with Crippen molar-refractivity contribution >= 4 is 17.2 Å². The van der Waals surface area contributed by atoms with E-state index in [9.17, 15) is 4.79 Å². The van der Waals surface area contributed by atoms with Crippen LogP contribution >= 0.6 is 0 Å². The predicted octanol–water partition coefficient (Wildman–Crippen LogP) is 6.45. The van der Waals surface area contributed by atoms with Gasteiger partial charge in [-0.3, -0.25) is 4.98 Å². The molecule has 1 fully saturated rings. The molecule has 5 nitrogen and oxygen atoms in total. The quantitative estimate of drug-likeness (QED) is 0.409. The van der Waals surface area contributed by atoms with Crippen LogP contribution in [0.15, 0.2) is 43.2 Å². The fraction of sp³-hybridized carbons (Fsp3) is 0.429. The van der Waals surface area contributed by atoms with Crippen molar-refractivity contribution in [2.75, 3.05) is 13.1 Å². The van der Waals surface area contributed by atoms with E-state index in [2.05, 4.69) is 53.0 Å². The molecular formula is C28H35N3O2. The van der Waals surface area contributed by atoms with E-state index >= 15 is 0 Å². The second kappa shape index (κ2) is 9.42. The van der Waals surface area contributed by atoms with Gasteiger partial charge in [-0.15, -0.1) is 0 Å². The van der Waals surface area contributed by atoms with Crippen LogP contribution in [0.5, 0.6) is 0 Å². The summed E-state index contributed by atoms with van der Waals surface area (Å²) in [5, 5.41) is 0. The summed E-state index contributed by atoms with van der Waals surface area (Å²) in [5.74, 6) is 0.0505. The molecule has 0 atom stereocenters. The van der Waals surface area contributed by atoms with Crippen molar-refractivity contribution in [2.24, 2.45) is 0 Å². The van der Waals surface area contributed by atoms with Gasteiger partial charge in [0.25, 0.3) is 0 Å². The number of nitrogens with zero attached hydrogens (tertiary/aromatic N) is 3. The molecule has 0 radical (unpaired) electrons. The van der Waals surface area contributed by atoms with Gasteiger partial charge in [-0.05, 0) is 81.3 Å². The molecular weight excluding hydrogens is 410 g/mol. The van der Waals surface area contributed by atoms with E-state index in [1.807, 2.05) is 39.1 Å². The first-order chi connectivity index (χ1) is 15.8. The Morgan fingerprint density at radius 1 is 1.09 bits per heavy atom. The third-order valence-corrected chi connectivity index (χ3v) is 6.46. The summed E-state index contributed by atoms with van der Waals surface area (Å²) in [5.41, 5.74) is 7.65. The first kappa shape index (κ1) is 23.1. The molecule has 5 heteroatoms. The summed E-state index contributed by atoms with van der Waals surface area (Å²) in [6.45, 7) is 16.5. The lowest BCUT2D eigenvalue weighted by Crippen LogP contribution is -2.29. The minimum absolute atomic E-state index is 0.179. The summed E-state index contributed by atoms with van der Waals surface area (Å²) in [7, 11) is 0. The van der Waals surface area contributed by atoms with E-state index in [0.717, 1.165) is 52.4 Å². The molecule has 0 saturated carbocycles. The zero-order valence-corrected chi connectivity index (χ0v) is 20.5. The van der Waals surface area contributed by atoms with E-state index in [0.29, 0.717) is 11.5 Å². The van der Waals surface area contributed by atoms with Gasteiger partial charge < -0.3 is 14.0 Å². The highest BCUT2D eigenvalue weighted by Gasteiger charge is 2.24. The molecule has 0 spiro atoms. The highest BCUT2D eigenvalue weighted by molar-refractivity contribution is 5.96. The number of rotatable bonds is 6. The molecule has 1 aliphatic heterocycles. The Kier molecular flexibility index (Phi) is 6.59. The number of carbonyl (C=O) groups is 1. The van der Waals surface area contributed by atoms with Crippen LogP contribution in [0.25, 0.3) is 22.3 Å². The lowest BCUT2D eigenvalue weighted by atomic mass is 10.00. The van der Waals surface area contributed by atoms with Gasteiger partial charge in [-0.2, -0.15) is 0 Å². The first-order valence-electron chi connectivity index (χ1n) is 12.0. The molecule has 4 rings (SSSR count). The van der Waals surface area contributed by atoms with Crippen molar-refractivity contribution in [1.29, 1.82) is 0 Å². The van der Waals surface area contributed by atoms with Gasteiger partial charge in [0.15, 0.2) is 0 Å². The van der Waals surface area contributed by atoms with Crippen molar-refractivity contribution in [2.45, 2.75) is 65.9 Å². The van der Waals surface area contributed by atoms with E-state index in [-0.39, 0.29) is 12.1 Å². The molecule has 33 heavy (non-hydrogen) atoms. The fourth-order valence-electron chi connectivity index (χ4n) is 4.67. The Hall–Kier alpha value is -3.08. The number of pyridine rings is 2. The third kappa shape index (κ3) is 4.54. The number of ether oxygens (including phenoxy) is 1. The zero-order chi connectivity index (χ0) is 23.7. The predicted molar refractivity (Wildman–Crippen MR) is 134 cm³/mol. The number of carbonyl (C=O) groups excluding carboxylic acids is 1. The molecule has 3 aromatic rings. The van der Waals surface area contributed by atoms with Crippen LogP contribution in [0, 0.1) is 6.92 Å². The monoisotopic (exact) mass is 445 g/mol. The molecule has 0 amide bonds. The van der Waals surface area contributed by atoms with Crippen LogP contribution in [0.4, 0.5) is 0 Å². The summed E-state index contributed by atoms with van der Waals surface area (Å²) in [6, 6.07) is 8.27. The molecule has 174 valence electrons. The van der Waals surface area contributed by atoms with Crippen LogP contribution in [-0.4, -0.2) is 39.4 Å². The Balaban J connectivity index is 1.92. The summed E-state index contributed by atoms with van der Waals surface area (Å²) < 4.78 is 7.80. The Labute approximate surface area is 197 Å². The Bertz CT molecular complexity index is 1180. The third-order valence-electron chi connectivity index (χ3n) is 6.46. The average molecular weight is 446 g/mol. The normalized spacial score (nSPS) is 14.3. The van der Waals surface area contributed by atoms with Crippen molar-refractivity contribution in [3.8, 4) is 11.1 Å². The zero-order valence-electron chi connectivity index (χ0n) is 20.5. The number of hydrogen-bond acceptors (Lipinski definition) is 4. The van der Waals surface area contributed by atoms with Crippen molar-refractivity contribution < 1.29 is 9.53 Å². The number of esters is 1. The minimum atomic E-state index is -0.289. The first-order valence-corrected chi connectivity index (χ1v) is 12.0. The van der Waals surface area contributed by atoms with Gasteiger partial charge in [0.05, 0.1) is 28.6 Å². The molecule has 0 aromatic carbocycles. The van der Waals surface area contributed by atoms with E-state index in [1.165, 1.54) is 19.3 Å². The smallest absolute Gasteiger partial charge is 0.338 e. The largest absolute Gasteiger partial charge is 0.459 e. The summed E-state index contributed by atoms with van der Waals surface area (Å²) in [4.78, 5) is 20.0. The Morgan fingerprint density at radius 2 is 1.82 bits per heavy atom. The van der Waals surface area contributed by atoms with Gasteiger partial charge in [0.2, 0.25) is 0 Å². The van der Waals surface area contributed by atoms with Gasteiger partial charge in [0.1, 0.15) is 0 Å². The maximum atomic E-state index is 13.1. The van der Waals surface area contributed by atoms with Gasteiger partial charge in [-0.1, -0.05) is 20.4 Å². The topological polar surface area (TPSA) is 46.8 Å². The average Bonchev–Trinajstić information content (AvgIpc) is 3.22. The summed E-state index contributed by atoms with van der Waals surface area (Å²) in [6.07, 6.45) is 7.37. The maximum Gasteiger partial charge on any atom is 0.338 e. The highest BCUT2D eigenvalue weighted by Crippen LogP contribution is 2.34. The van der Waals surface area contributed by atoms with E-state index in [4.69, 9.17) is 4.74 Å². The highest BCUT2D eigenvalue weighted by atomic mass is 16.5. The molecule has 3 aromatic heterocycles. The van der Waals surface area contributed by atoms with Crippen molar-refractivity contribution in [1.82, 2.24) is 14.3 Å². The molecule has 1 aliphatic rings. The number of likely N-dealkylation sites (tertiary alicyclic amines) is 1. The van der Waals surface area contributed by atoms with E-state index in [1.54, 1.807) is 0 Å². The molecule has 0 aliphatic carbocycles. The van der Waals surface area contributed by atoms with Gasteiger partial charge in [0, 0.05) is 36.7 Å². The van der Waals surface area contributed by atoms with Crippen LogP contribution in [0.2, 0.25) is 0 Å². The fourth-order valence-corrected chi connectivity index (χ4v) is 4.67. The van der Waals surface area contributed by atoms with Gasteiger partial charge in [-0.25, -0.2) is 4.79 Å². The van der Waals surface area contributed by atoms with Crippen molar-refractivity contribution in [3.63, 3.8) is 0 Å². The van der Waals surface area contributed by atoms with Gasteiger partial charge >= 0.3 is 5.97 Å². The molecule has 4 heterocycles. The van der Waals surface area contributed by atoms with Crippen LogP contribution in [0.1, 0.15) is 80.2 Å². The number of hydrogen-bond donors (Lipinski definition) is 0. The van der Waals surface area contributed by atoms with Crippen molar-refractivity contribution in [3.05, 3.63) is 65.8 Å². The van der Waals surface area contributed by atoms with E-state index < -0.39 is 0 Å².